The zero-order chi connectivity index (χ0) is 21.3. The van der Waals surface area contributed by atoms with E-state index in [1.165, 1.54) is 18.2 Å². The first kappa shape index (κ1) is 19.9. The molecule has 0 aliphatic carbocycles. The Morgan fingerprint density at radius 1 is 1.14 bits per heavy atom. The van der Waals surface area contributed by atoms with Gasteiger partial charge in [-0.05, 0) is 37.3 Å². The number of phenols is 1. The Labute approximate surface area is 162 Å². The Bertz CT molecular complexity index is 1290. The first-order valence-corrected chi connectivity index (χ1v) is 9.30. The number of H-pyrrole nitrogens is 1. The number of non-ortho nitro benzene ring substituents is 1. The maximum atomic E-state index is 12.6. The molecule has 1 aromatic heterocycles. The summed E-state index contributed by atoms with van der Waals surface area (Å²) in [7, 11) is -4.36. The van der Waals surface area contributed by atoms with Gasteiger partial charge < -0.3 is 5.11 Å². The monoisotopic (exact) mass is 419 g/mol. The van der Waals surface area contributed by atoms with E-state index in [0.29, 0.717) is 5.69 Å². The maximum absolute atomic E-state index is 12.6. The molecule has 0 unspecified atom stereocenters. The number of hydrogen-bond acceptors (Lipinski definition) is 8. The lowest BCUT2D eigenvalue weighted by Crippen LogP contribution is -2.14. The Morgan fingerprint density at radius 2 is 1.79 bits per heavy atom. The molecule has 0 saturated carbocycles. The second kappa shape index (κ2) is 7.29. The first-order valence-electron chi connectivity index (χ1n) is 7.86. The third kappa shape index (κ3) is 4.04. The van der Waals surface area contributed by atoms with E-state index in [0.717, 1.165) is 28.9 Å². The Kier molecular flexibility index (Phi) is 5.01. The van der Waals surface area contributed by atoms with E-state index in [2.05, 4.69) is 15.3 Å². The molecule has 1 heterocycles. The zero-order valence-corrected chi connectivity index (χ0v) is 15.5. The van der Waals surface area contributed by atoms with Crippen molar-refractivity contribution < 1.29 is 23.0 Å². The molecule has 2 aromatic carbocycles. The lowest BCUT2D eigenvalue weighted by Gasteiger charge is -2.02. The van der Waals surface area contributed by atoms with Gasteiger partial charge in [0.05, 0.1) is 27.3 Å². The van der Waals surface area contributed by atoms with E-state index >= 15 is 0 Å². The van der Waals surface area contributed by atoms with Crippen molar-refractivity contribution in [2.45, 2.75) is 11.8 Å². The van der Waals surface area contributed by atoms with Crippen molar-refractivity contribution in [1.29, 1.82) is 0 Å². The number of nitrogens with one attached hydrogen (secondary N) is 1. The molecule has 0 saturated heterocycles. The number of aryl methyl sites for hydroxylation is 1. The highest BCUT2D eigenvalue weighted by Crippen LogP contribution is 2.31. The number of nitro groups is 1. The largest absolute Gasteiger partial charge is 0.505 e. The zero-order valence-electron chi connectivity index (χ0n) is 14.7. The molecule has 13 heteroatoms. The van der Waals surface area contributed by atoms with Crippen LogP contribution in [0, 0.1) is 17.0 Å². The highest BCUT2D eigenvalue weighted by atomic mass is 32.2. The quantitative estimate of drug-likeness (QED) is 0.246. The summed E-state index contributed by atoms with van der Waals surface area (Å²) in [6.45, 7) is 1.55. The molecule has 3 rings (SSSR count). The smallest absolute Gasteiger partial charge is 0.299 e. The number of azo groups is 1. The van der Waals surface area contributed by atoms with Crippen LogP contribution in [0.4, 0.5) is 17.1 Å². The van der Waals surface area contributed by atoms with Crippen molar-refractivity contribution in [3.63, 3.8) is 0 Å². The molecule has 3 aromatic rings. The third-order valence-electron chi connectivity index (χ3n) is 3.86. The first-order chi connectivity index (χ1) is 13.6. The van der Waals surface area contributed by atoms with Crippen molar-refractivity contribution in [2.24, 2.45) is 10.2 Å². The van der Waals surface area contributed by atoms with Crippen LogP contribution in [-0.2, 0) is 10.1 Å². The minimum absolute atomic E-state index is 0.0698. The van der Waals surface area contributed by atoms with Crippen LogP contribution < -0.4 is 5.56 Å². The molecule has 0 spiro atoms. The number of rotatable bonds is 5. The van der Waals surface area contributed by atoms with E-state index in [9.17, 15) is 28.4 Å². The molecule has 0 fully saturated rings. The van der Waals surface area contributed by atoms with E-state index in [4.69, 9.17) is 4.55 Å². The summed E-state index contributed by atoms with van der Waals surface area (Å²) in [5.74, 6) is -0.475. The Morgan fingerprint density at radius 3 is 2.34 bits per heavy atom. The van der Waals surface area contributed by atoms with Crippen LogP contribution in [-0.4, -0.2) is 32.8 Å². The summed E-state index contributed by atoms with van der Waals surface area (Å²) in [5, 5.41) is 30.8. The summed E-state index contributed by atoms with van der Waals surface area (Å²) in [6, 6.07) is 8.10. The lowest BCUT2D eigenvalue weighted by atomic mass is 10.2. The predicted octanol–water partition coefficient (Wildman–Crippen LogP) is 2.75. The summed E-state index contributed by atoms with van der Waals surface area (Å²) < 4.78 is 32.3. The second-order valence-corrected chi connectivity index (χ2v) is 7.25. The number of aromatic amines is 1. The fourth-order valence-corrected chi connectivity index (χ4v) is 2.90. The summed E-state index contributed by atoms with van der Waals surface area (Å²) in [4.78, 5) is 22.3. The Hall–Kier alpha value is -3.84. The van der Waals surface area contributed by atoms with Crippen LogP contribution in [0.25, 0.3) is 5.69 Å². The van der Waals surface area contributed by atoms with Gasteiger partial charge in [-0.15, -0.1) is 10.2 Å². The molecule has 3 N–H and O–H groups in total. The highest BCUT2D eigenvalue weighted by molar-refractivity contribution is 7.85. The van der Waals surface area contributed by atoms with Gasteiger partial charge in [0.15, 0.2) is 5.69 Å². The molecule has 0 amide bonds. The lowest BCUT2D eigenvalue weighted by molar-refractivity contribution is -0.384. The maximum Gasteiger partial charge on any atom is 0.299 e. The number of phenolic OH excluding ortho intramolecular Hbond substituents is 1. The molecule has 150 valence electrons. The predicted molar refractivity (Wildman–Crippen MR) is 99.9 cm³/mol. The minimum atomic E-state index is -4.36. The molecule has 0 aliphatic rings. The standard InChI is InChI=1S/C16H13N5O7S/c1-9-15(18-17-13-7-4-11(21(24)25)8-14(13)22)16(23)20(19-9)10-2-5-12(6-3-10)29(26,27)28/h2-8,19,22H,1H3,(H,26,27,28). The fourth-order valence-electron chi connectivity index (χ4n) is 2.42. The van der Waals surface area contributed by atoms with Crippen LogP contribution in [0.15, 0.2) is 62.4 Å². The number of benzene rings is 2. The number of nitro benzene ring substituents is 1. The number of aromatic hydroxyl groups is 1. The van der Waals surface area contributed by atoms with Crippen LogP contribution >= 0.6 is 0 Å². The van der Waals surface area contributed by atoms with Gasteiger partial charge in [-0.2, -0.15) is 8.42 Å². The van der Waals surface area contributed by atoms with Crippen LogP contribution in [0.1, 0.15) is 5.69 Å². The fraction of sp³-hybridized carbons (Fsp3) is 0.0625. The number of nitrogens with zero attached hydrogens (tertiary/aromatic N) is 4. The van der Waals surface area contributed by atoms with E-state index < -0.39 is 26.4 Å². The van der Waals surface area contributed by atoms with E-state index in [1.807, 2.05) is 0 Å². The number of aromatic nitrogens is 2. The van der Waals surface area contributed by atoms with Gasteiger partial charge in [0.2, 0.25) is 0 Å². The molecule has 0 aliphatic heterocycles. The third-order valence-corrected chi connectivity index (χ3v) is 4.73. The summed E-state index contributed by atoms with van der Waals surface area (Å²) >= 11 is 0. The molecular weight excluding hydrogens is 406 g/mol. The van der Waals surface area contributed by atoms with Gasteiger partial charge >= 0.3 is 0 Å². The van der Waals surface area contributed by atoms with Crippen molar-refractivity contribution in [3.8, 4) is 11.4 Å². The highest BCUT2D eigenvalue weighted by Gasteiger charge is 2.15. The SMILES string of the molecule is Cc1[nH]n(-c2ccc(S(=O)(=O)O)cc2)c(=O)c1N=Nc1ccc([N+](=O)[O-])cc1O. The molecule has 0 radical (unpaired) electrons. The number of hydrogen-bond donors (Lipinski definition) is 3. The summed E-state index contributed by atoms with van der Waals surface area (Å²) in [5.41, 5.74) is -0.465. The second-order valence-electron chi connectivity index (χ2n) is 5.83. The normalized spacial score (nSPS) is 11.8. The molecule has 0 atom stereocenters. The van der Waals surface area contributed by atoms with Gasteiger partial charge in [-0.25, -0.2) is 4.68 Å². The molecular formula is C16H13N5O7S. The topological polar surface area (TPSA) is 180 Å². The van der Waals surface area contributed by atoms with Crippen LogP contribution in [0.3, 0.4) is 0 Å². The van der Waals surface area contributed by atoms with Crippen molar-refractivity contribution in [1.82, 2.24) is 9.78 Å². The summed E-state index contributed by atoms with van der Waals surface area (Å²) in [6.07, 6.45) is 0. The molecule has 0 bridgehead atoms. The van der Waals surface area contributed by atoms with Gasteiger partial charge in [0, 0.05) is 6.07 Å². The van der Waals surface area contributed by atoms with E-state index in [1.54, 1.807) is 6.92 Å². The van der Waals surface area contributed by atoms with E-state index in [-0.39, 0.29) is 27.6 Å². The van der Waals surface area contributed by atoms with Crippen LogP contribution in [0.5, 0.6) is 5.75 Å². The molecule has 29 heavy (non-hydrogen) atoms. The average molecular weight is 419 g/mol. The van der Waals surface area contributed by atoms with Crippen molar-refractivity contribution in [2.75, 3.05) is 0 Å². The van der Waals surface area contributed by atoms with Gasteiger partial charge in [-0.1, -0.05) is 0 Å². The van der Waals surface area contributed by atoms with Crippen molar-refractivity contribution >= 4 is 27.2 Å². The van der Waals surface area contributed by atoms with Gasteiger partial charge in [0.25, 0.3) is 21.4 Å². The Balaban J connectivity index is 1.95. The minimum Gasteiger partial charge on any atom is -0.505 e. The molecule has 12 nitrogen and oxygen atoms in total. The van der Waals surface area contributed by atoms with Crippen molar-refractivity contribution in [3.05, 3.63) is 68.6 Å². The average Bonchev–Trinajstić information content (AvgIpc) is 2.94. The van der Waals surface area contributed by atoms with Gasteiger partial charge in [-0.3, -0.25) is 24.6 Å². The van der Waals surface area contributed by atoms with Crippen LogP contribution in [0.2, 0.25) is 0 Å². The van der Waals surface area contributed by atoms with Gasteiger partial charge in [0.1, 0.15) is 11.4 Å².